The molecule has 1 unspecified atom stereocenters. The topological polar surface area (TPSA) is 18.5 Å². The minimum Gasteiger partial charge on any atom is -0.381 e. The summed E-state index contributed by atoms with van der Waals surface area (Å²) < 4.78 is 0. The van der Waals surface area contributed by atoms with Gasteiger partial charge in [-0.05, 0) is 45.0 Å². The lowest BCUT2D eigenvalue weighted by Crippen LogP contribution is -2.45. The van der Waals surface area contributed by atoms with Crippen molar-refractivity contribution in [2.45, 2.75) is 25.8 Å². The number of nitrogens with one attached hydrogen (secondary N) is 1. The van der Waals surface area contributed by atoms with Crippen LogP contribution in [0.15, 0.2) is 24.3 Å². The molecule has 18 heavy (non-hydrogen) atoms. The maximum absolute atomic E-state index is 3.52. The lowest BCUT2D eigenvalue weighted by atomic mass is 10.1. The van der Waals surface area contributed by atoms with E-state index in [1.165, 1.54) is 43.9 Å². The van der Waals surface area contributed by atoms with Crippen molar-refractivity contribution < 1.29 is 0 Å². The highest BCUT2D eigenvalue weighted by molar-refractivity contribution is 5.72. The van der Waals surface area contributed by atoms with Crippen LogP contribution in [0.25, 0.3) is 0 Å². The highest BCUT2D eigenvalue weighted by Gasteiger charge is 2.23. The quantitative estimate of drug-likeness (QED) is 0.882. The molecule has 0 saturated carbocycles. The van der Waals surface area contributed by atoms with E-state index < -0.39 is 0 Å². The first-order valence-electron chi connectivity index (χ1n) is 7.16. The monoisotopic (exact) mass is 245 g/mol. The van der Waals surface area contributed by atoms with Gasteiger partial charge >= 0.3 is 0 Å². The molecular weight excluding hydrogens is 222 g/mol. The Morgan fingerprint density at radius 1 is 1.17 bits per heavy atom. The van der Waals surface area contributed by atoms with Crippen LogP contribution in [0, 0.1) is 0 Å². The largest absolute Gasteiger partial charge is 0.381 e. The van der Waals surface area contributed by atoms with Gasteiger partial charge in [0.1, 0.15) is 0 Å². The van der Waals surface area contributed by atoms with Gasteiger partial charge in [0.05, 0.1) is 11.4 Å². The van der Waals surface area contributed by atoms with Gasteiger partial charge in [-0.3, -0.25) is 0 Å². The van der Waals surface area contributed by atoms with Gasteiger partial charge in [0, 0.05) is 25.7 Å². The van der Waals surface area contributed by atoms with Gasteiger partial charge < -0.3 is 15.1 Å². The fourth-order valence-electron chi connectivity index (χ4n) is 3.08. The molecule has 3 rings (SSSR count). The van der Waals surface area contributed by atoms with Crippen LogP contribution >= 0.6 is 0 Å². The summed E-state index contributed by atoms with van der Waals surface area (Å²) >= 11 is 0. The Morgan fingerprint density at radius 3 is 2.78 bits per heavy atom. The molecule has 2 aliphatic rings. The second kappa shape index (κ2) is 5.19. The average Bonchev–Trinajstić information content (AvgIpc) is 2.91. The average molecular weight is 245 g/mol. The third kappa shape index (κ3) is 2.32. The molecule has 1 saturated heterocycles. The van der Waals surface area contributed by atoms with E-state index in [1.807, 2.05) is 0 Å². The Balaban J connectivity index is 1.69. The number of likely N-dealkylation sites (tertiary alicyclic amines) is 1. The zero-order valence-electron chi connectivity index (χ0n) is 11.2. The summed E-state index contributed by atoms with van der Waals surface area (Å²) in [7, 11) is 0. The van der Waals surface area contributed by atoms with Crippen LogP contribution in [0.1, 0.15) is 19.8 Å². The summed E-state index contributed by atoms with van der Waals surface area (Å²) in [6.07, 6.45) is 2.77. The second-order valence-electron chi connectivity index (χ2n) is 5.49. The summed E-state index contributed by atoms with van der Waals surface area (Å²) in [6, 6.07) is 9.26. The number of nitrogens with zero attached hydrogens (tertiary/aromatic N) is 2. The van der Waals surface area contributed by atoms with E-state index in [1.54, 1.807) is 0 Å². The maximum atomic E-state index is 3.52. The number of rotatable bonds is 3. The third-order valence-corrected chi connectivity index (χ3v) is 4.19. The smallest absolute Gasteiger partial charge is 0.0605 e. The molecule has 0 radical (unpaired) electrons. The molecule has 1 fully saturated rings. The molecule has 2 aliphatic heterocycles. The van der Waals surface area contributed by atoms with E-state index >= 15 is 0 Å². The summed E-state index contributed by atoms with van der Waals surface area (Å²) in [4.78, 5) is 5.15. The zero-order chi connectivity index (χ0) is 12.4. The van der Waals surface area contributed by atoms with Crippen LogP contribution < -0.4 is 10.2 Å². The van der Waals surface area contributed by atoms with Crippen LogP contribution in [0.3, 0.4) is 0 Å². The number of hydrogen-bond donors (Lipinski definition) is 1. The maximum Gasteiger partial charge on any atom is 0.0605 e. The Bertz CT molecular complexity index is 398. The van der Waals surface area contributed by atoms with Gasteiger partial charge in [0.15, 0.2) is 0 Å². The molecule has 2 heterocycles. The van der Waals surface area contributed by atoms with Crippen LogP contribution in [0.2, 0.25) is 0 Å². The van der Waals surface area contributed by atoms with Crippen molar-refractivity contribution in [2.24, 2.45) is 0 Å². The lowest BCUT2D eigenvalue weighted by molar-refractivity contribution is 0.341. The molecule has 98 valence electrons. The standard InChI is InChI=1S/C15H23N3/c1-13-12-16-14-6-2-3-7-15(14)18(13)11-10-17-8-4-5-9-17/h2-3,6-7,13,16H,4-5,8-12H2,1H3. The van der Waals surface area contributed by atoms with E-state index in [0.29, 0.717) is 6.04 Å². The first kappa shape index (κ1) is 11.8. The number of para-hydroxylation sites is 2. The summed E-state index contributed by atoms with van der Waals surface area (Å²) in [6.45, 7) is 8.31. The van der Waals surface area contributed by atoms with Gasteiger partial charge in [-0.1, -0.05) is 12.1 Å². The lowest BCUT2D eigenvalue weighted by Gasteiger charge is -2.38. The molecule has 1 atom stereocenters. The first-order chi connectivity index (χ1) is 8.84. The highest BCUT2D eigenvalue weighted by Crippen LogP contribution is 2.30. The second-order valence-corrected chi connectivity index (χ2v) is 5.49. The molecule has 3 nitrogen and oxygen atoms in total. The fraction of sp³-hybridized carbons (Fsp3) is 0.600. The van der Waals surface area contributed by atoms with Crippen molar-refractivity contribution >= 4 is 11.4 Å². The van der Waals surface area contributed by atoms with E-state index in [-0.39, 0.29) is 0 Å². The van der Waals surface area contributed by atoms with Gasteiger partial charge in [-0.15, -0.1) is 0 Å². The molecule has 0 bridgehead atoms. The molecule has 1 aromatic carbocycles. The Hall–Kier alpha value is -1.22. The van der Waals surface area contributed by atoms with Crippen molar-refractivity contribution in [2.75, 3.05) is 42.9 Å². The van der Waals surface area contributed by atoms with Gasteiger partial charge in [0.2, 0.25) is 0 Å². The van der Waals surface area contributed by atoms with Crippen LogP contribution in [0.4, 0.5) is 11.4 Å². The Kier molecular flexibility index (Phi) is 3.41. The van der Waals surface area contributed by atoms with Gasteiger partial charge in [-0.25, -0.2) is 0 Å². The van der Waals surface area contributed by atoms with Crippen molar-refractivity contribution in [1.29, 1.82) is 0 Å². The Labute approximate surface area is 110 Å². The minimum atomic E-state index is 0.586. The molecule has 3 heteroatoms. The van der Waals surface area contributed by atoms with Crippen LogP contribution in [0.5, 0.6) is 0 Å². The predicted octanol–water partition coefficient (Wildman–Crippen LogP) is 2.40. The van der Waals surface area contributed by atoms with Crippen molar-refractivity contribution in [1.82, 2.24) is 4.90 Å². The summed E-state index contributed by atoms with van der Waals surface area (Å²) in [5.74, 6) is 0. The van der Waals surface area contributed by atoms with Gasteiger partial charge in [0.25, 0.3) is 0 Å². The molecule has 1 N–H and O–H groups in total. The van der Waals surface area contributed by atoms with Gasteiger partial charge in [-0.2, -0.15) is 0 Å². The van der Waals surface area contributed by atoms with E-state index in [4.69, 9.17) is 0 Å². The fourth-order valence-corrected chi connectivity index (χ4v) is 3.08. The van der Waals surface area contributed by atoms with Crippen molar-refractivity contribution in [3.63, 3.8) is 0 Å². The summed E-state index contributed by atoms with van der Waals surface area (Å²) in [5.41, 5.74) is 2.66. The SMILES string of the molecule is CC1CNc2ccccc2N1CCN1CCCC1. The zero-order valence-corrected chi connectivity index (χ0v) is 11.2. The number of fused-ring (bicyclic) bond motifs is 1. The van der Waals surface area contributed by atoms with E-state index in [2.05, 4.69) is 46.3 Å². The molecule has 0 amide bonds. The number of hydrogen-bond acceptors (Lipinski definition) is 3. The van der Waals surface area contributed by atoms with Crippen LogP contribution in [-0.2, 0) is 0 Å². The molecular formula is C15H23N3. The van der Waals surface area contributed by atoms with Crippen molar-refractivity contribution in [3.05, 3.63) is 24.3 Å². The molecule has 0 spiro atoms. The predicted molar refractivity (Wildman–Crippen MR) is 77.4 cm³/mol. The third-order valence-electron chi connectivity index (χ3n) is 4.19. The van der Waals surface area contributed by atoms with E-state index in [9.17, 15) is 0 Å². The van der Waals surface area contributed by atoms with E-state index in [0.717, 1.165) is 13.1 Å². The molecule has 0 aliphatic carbocycles. The first-order valence-corrected chi connectivity index (χ1v) is 7.16. The minimum absolute atomic E-state index is 0.586. The summed E-state index contributed by atoms with van der Waals surface area (Å²) in [5, 5.41) is 3.52. The number of benzene rings is 1. The highest BCUT2D eigenvalue weighted by atomic mass is 15.3. The Morgan fingerprint density at radius 2 is 1.94 bits per heavy atom. The number of anilines is 2. The molecule has 0 aromatic heterocycles. The van der Waals surface area contributed by atoms with Crippen molar-refractivity contribution in [3.8, 4) is 0 Å². The van der Waals surface area contributed by atoms with Crippen LogP contribution in [-0.4, -0.2) is 43.7 Å². The normalized spacial score (nSPS) is 23.8. The molecule has 1 aromatic rings.